The van der Waals surface area contributed by atoms with Crippen LogP contribution in [0.4, 0.5) is 0 Å². The summed E-state index contributed by atoms with van der Waals surface area (Å²) in [7, 11) is 8.30. The summed E-state index contributed by atoms with van der Waals surface area (Å²) in [5.41, 5.74) is 0. The van der Waals surface area contributed by atoms with Crippen molar-refractivity contribution in [2.24, 2.45) is 0 Å². The molecule has 0 N–H and O–H groups in total. The van der Waals surface area contributed by atoms with E-state index in [0.29, 0.717) is 13.2 Å². The van der Waals surface area contributed by atoms with Crippen molar-refractivity contribution in [3.05, 3.63) is 91.0 Å². The van der Waals surface area contributed by atoms with Crippen molar-refractivity contribution in [1.82, 2.24) is 9.80 Å². The Morgan fingerprint density at radius 1 is 0.516 bits per heavy atom. The van der Waals surface area contributed by atoms with Crippen molar-refractivity contribution in [3.63, 3.8) is 0 Å². The predicted octanol–water partition coefficient (Wildman–Crippen LogP) is 2.26. The summed E-state index contributed by atoms with van der Waals surface area (Å²) in [4.78, 5) is 4.31. The standard InChI is InChI=1S/3C6H5.2C4H10NO.Sb/c3*1-2-4-6-5-3-1;2*1-5(2)3-4-6;/h3*1-5H;2*3-4H2,1-2H3;/q;;;2*-1;+2. The fraction of sp³-hybridized carbons (Fsp3) is 0.308. The minimum atomic E-state index is -4.80. The Morgan fingerprint density at radius 3 is 1.06 bits per heavy atom. The molecule has 0 aliphatic rings. The molecule has 0 bridgehead atoms. The number of hydrogen-bond donors (Lipinski definition) is 0. The fourth-order valence-corrected chi connectivity index (χ4v) is 17.7. The summed E-state index contributed by atoms with van der Waals surface area (Å²) < 4.78 is 17.8. The van der Waals surface area contributed by atoms with Gasteiger partial charge in [0.05, 0.1) is 0 Å². The van der Waals surface area contributed by atoms with Gasteiger partial charge in [-0.2, -0.15) is 0 Å². The third kappa shape index (κ3) is 5.05. The Hall–Kier alpha value is -1.68. The van der Waals surface area contributed by atoms with E-state index < -0.39 is 18.2 Å². The van der Waals surface area contributed by atoms with E-state index in [1.54, 1.807) is 0 Å². The van der Waals surface area contributed by atoms with Crippen LogP contribution in [-0.2, 0) is 6.03 Å². The SMILES string of the molecule is CN(C)CC[O][Sb]([O]CCN(C)C)([c]1ccccc1)([c]1ccccc1)[c]1ccccc1. The molecule has 0 radical (unpaired) electrons. The van der Waals surface area contributed by atoms with Gasteiger partial charge in [0.1, 0.15) is 0 Å². The molecule has 5 heteroatoms. The van der Waals surface area contributed by atoms with Gasteiger partial charge in [-0.15, -0.1) is 0 Å². The van der Waals surface area contributed by atoms with Gasteiger partial charge in [-0.3, -0.25) is 0 Å². The first-order chi connectivity index (χ1) is 15.0. The van der Waals surface area contributed by atoms with Crippen molar-refractivity contribution in [1.29, 1.82) is 0 Å². The second-order valence-electron chi connectivity index (χ2n) is 8.24. The maximum atomic E-state index is 7.19. The molecule has 0 unspecified atom stereocenters. The summed E-state index contributed by atoms with van der Waals surface area (Å²) >= 11 is -4.80. The summed E-state index contributed by atoms with van der Waals surface area (Å²) in [5, 5.41) is 0. The zero-order valence-electron chi connectivity index (χ0n) is 19.1. The van der Waals surface area contributed by atoms with Gasteiger partial charge in [0.25, 0.3) is 0 Å². The van der Waals surface area contributed by atoms with E-state index >= 15 is 0 Å². The van der Waals surface area contributed by atoms with E-state index in [0.717, 1.165) is 23.6 Å². The van der Waals surface area contributed by atoms with Crippen LogP contribution >= 0.6 is 0 Å². The minimum absolute atomic E-state index is 0.593. The van der Waals surface area contributed by atoms with E-state index in [1.165, 1.54) is 0 Å². The normalized spacial score (nSPS) is 13.3. The molecule has 0 saturated carbocycles. The molecule has 4 nitrogen and oxygen atoms in total. The van der Waals surface area contributed by atoms with Gasteiger partial charge >= 0.3 is 190 Å². The zero-order valence-corrected chi connectivity index (χ0v) is 21.7. The average Bonchev–Trinajstić information content (AvgIpc) is 2.79. The Morgan fingerprint density at radius 2 is 0.806 bits per heavy atom. The number of hydrogen-bond acceptors (Lipinski definition) is 4. The zero-order chi connectivity index (χ0) is 22.2. The Kier molecular flexibility index (Phi) is 8.32. The molecule has 0 atom stereocenters. The van der Waals surface area contributed by atoms with Crippen LogP contribution in [0, 0.1) is 0 Å². The van der Waals surface area contributed by atoms with Gasteiger partial charge in [0.15, 0.2) is 0 Å². The summed E-state index contributed by atoms with van der Waals surface area (Å²) in [5.74, 6) is 0. The topological polar surface area (TPSA) is 24.9 Å². The predicted molar refractivity (Wildman–Crippen MR) is 133 cm³/mol. The van der Waals surface area contributed by atoms with Crippen molar-refractivity contribution in [2.45, 2.75) is 0 Å². The van der Waals surface area contributed by atoms with Crippen molar-refractivity contribution in [2.75, 3.05) is 54.5 Å². The van der Waals surface area contributed by atoms with Crippen LogP contribution in [0.25, 0.3) is 0 Å². The number of rotatable bonds is 11. The molecular weight excluding hydrogens is 494 g/mol. The Bertz CT molecular complexity index is 800. The van der Waals surface area contributed by atoms with Gasteiger partial charge in [-0.1, -0.05) is 0 Å². The molecule has 0 aromatic heterocycles. The number of benzene rings is 3. The van der Waals surface area contributed by atoms with E-state index in [4.69, 9.17) is 6.03 Å². The van der Waals surface area contributed by atoms with Gasteiger partial charge < -0.3 is 0 Å². The van der Waals surface area contributed by atoms with Gasteiger partial charge in [0, 0.05) is 0 Å². The third-order valence-electron chi connectivity index (χ3n) is 5.43. The van der Waals surface area contributed by atoms with Crippen LogP contribution in [0.2, 0.25) is 0 Å². The average molecular weight is 529 g/mol. The summed E-state index contributed by atoms with van der Waals surface area (Å²) in [6, 6.07) is 31.9. The Labute approximate surface area is 189 Å². The van der Waals surface area contributed by atoms with E-state index in [1.807, 2.05) is 0 Å². The summed E-state index contributed by atoms with van der Waals surface area (Å²) in [6.07, 6.45) is 0. The van der Waals surface area contributed by atoms with Crippen LogP contribution in [0.15, 0.2) is 91.0 Å². The Balaban J connectivity index is 2.32. The van der Waals surface area contributed by atoms with Gasteiger partial charge in [-0.25, -0.2) is 0 Å². The summed E-state index contributed by atoms with van der Waals surface area (Å²) in [6.45, 7) is 2.83. The molecule has 3 aromatic rings. The van der Waals surface area contributed by atoms with Crippen molar-refractivity contribution in [3.8, 4) is 0 Å². The third-order valence-corrected chi connectivity index (χ3v) is 19.9. The molecule has 0 heterocycles. The fourth-order valence-electron chi connectivity index (χ4n) is 3.82. The molecule has 0 fully saturated rings. The maximum absolute atomic E-state index is 7.19. The van der Waals surface area contributed by atoms with Gasteiger partial charge in [-0.05, 0) is 0 Å². The van der Waals surface area contributed by atoms with Crippen molar-refractivity contribution >= 4 is 28.8 Å². The quantitative estimate of drug-likeness (QED) is 0.356. The van der Waals surface area contributed by atoms with Crippen molar-refractivity contribution < 1.29 is 6.03 Å². The molecule has 31 heavy (non-hydrogen) atoms. The number of likely N-dealkylation sites (N-methyl/N-ethyl adjacent to an activating group) is 2. The molecule has 3 aromatic carbocycles. The first-order valence-electron chi connectivity index (χ1n) is 10.8. The molecular formula is C26H35N2O2Sb. The molecule has 0 spiro atoms. The van der Waals surface area contributed by atoms with Crippen LogP contribution in [0.3, 0.4) is 0 Å². The first kappa shape index (κ1) is 24.0. The monoisotopic (exact) mass is 528 g/mol. The second kappa shape index (κ2) is 10.8. The molecule has 0 aliphatic carbocycles. The molecule has 3 rings (SSSR count). The number of nitrogens with zero attached hydrogens (tertiary/aromatic N) is 2. The van der Waals surface area contributed by atoms with E-state index in [2.05, 4.69) is 129 Å². The first-order valence-corrected chi connectivity index (χ1v) is 16.7. The molecule has 0 aliphatic heterocycles. The van der Waals surface area contributed by atoms with E-state index in [-0.39, 0.29) is 0 Å². The van der Waals surface area contributed by atoms with Crippen LogP contribution in [0.1, 0.15) is 0 Å². The van der Waals surface area contributed by atoms with Gasteiger partial charge in [0.2, 0.25) is 0 Å². The van der Waals surface area contributed by atoms with Crippen LogP contribution < -0.4 is 10.5 Å². The molecule has 0 saturated heterocycles. The van der Waals surface area contributed by atoms with Crippen LogP contribution in [-0.4, -0.2) is 82.5 Å². The second-order valence-corrected chi connectivity index (χ2v) is 19.6. The molecule has 0 amide bonds. The molecule has 166 valence electrons. The van der Waals surface area contributed by atoms with E-state index in [9.17, 15) is 0 Å². The van der Waals surface area contributed by atoms with Crippen LogP contribution in [0.5, 0.6) is 0 Å².